The molecule has 2 aromatic heterocycles. The molecule has 1 amide bonds. The third kappa shape index (κ3) is 4.28. The Hall–Kier alpha value is -2.44. The SMILES string of the molecule is O=C(CCN1CCC[C@H](c2nnc3ccccn23)C1)Nc1cccc(Cl)c1. The molecule has 27 heavy (non-hydrogen) atoms. The summed E-state index contributed by atoms with van der Waals surface area (Å²) in [6, 6.07) is 13.2. The zero-order valence-electron chi connectivity index (χ0n) is 15.0. The van der Waals surface area contributed by atoms with Crippen LogP contribution in [-0.4, -0.2) is 45.0 Å². The van der Waals surface area contributed by atoms with E-state index in [1.54, 1.807) is 12.1 Å². The number of fused-ring (bicyclic) bond motifs is 1. The predicted molar refractivity (Wildman–Crippen MR) is 106 cm³/mol. The number of pyridine rings is 1. The number of hydrogen-bond donors (Lipinski definition) is 1. The highest BCUT2D eigenvalue weighted by Crippen LogP contribution is 2.26. The monoisotopic (exact) mass is 383 g/mol. The maximum atomic E-state index is 12.2. The van der Waals surface area contributed by atoms with Crippen molar-refractivity contribution in [2.24, 2.45) is 0 Å². The van der Waals surface area contributed by atoms with Crippen LogP contribution >= 0.6 is 11.6 Å². The second-order valence-corrected chi connectivity index (χ2v) is 7.37. The Labute approximate surface area is 163 Å². The first-order chi connectivity index (χ1) is 13.2. The first kappa shape index (κ1) is 17.9. The highest BCUT2D eigenvalue weighted by atomic mass is 35.5. The number of hydrogen-bond acceptors (Lipinski definition) is 4. The van der Waals surface area contributed by atoms with Gasteiger partial charge in [0.1, 0.15) is 5.82 Å². The number of amides is 1. The zero-order valence-corrected chi connectivity index (χ0v) is 15.8. The third-order valence-corrected chi connectivity index (χ3v) is 5.21. The summed E-state index contributed by atoms with van der Waals surface area (Å²) >= 11 is 5.96. The smallest absolute Gasteiger partial charge is 0.225 e. The number of carbonyl (C=O) groups is 1. The van der Waals surface area contributed by atoms with Gasteiger partial charge in [-0.3, -0.25) is 9.20 Å². The van der Waals surface area contributed by atoms with Gasteiger partial charge in [-0.05, 0) is 49.7 Å². The molecule has 1 fully saturated rings. The first-order valence-electron chi connectivity index (χ1n) is 9.26. The van der Waals surface area contributed by atoms with Gasteiger partial charge in [-0.2, -0.15) is 0 Å². The molecule has 7 heteroatoms. The molecule has 0 saturated carbocycles. The van der Waals surface area contributed by atoms with Crippen LogP contribution in [0.15, 0.2) is 48.7 Å². The van der Waals surface area contributed by atoms with Crippen LogP contribution in [-0.2, 0) is 4.79 Å². The van der Waals surface area contributed by atoms with E-state index in [-0.39, 0.29) is 5.91 Å². The summed E-state index contributed by atoms with van der Waals surface area (Å²) in [4.78, 5) is 14.6. The molecule has 1 saturated heterocycles. The molecule has 0 aliphatic carbocycles. The normalized spacial score (nSPS) is 17.9. The summed E-state index contributed by atoms with van der Waals surface area (Å²) in [5, 5.41) is 12.2. The minimum Gasteiger partial charge on any atom is -0.326 e. The van der Waals surface area contributed by atoms with E-state index < -0.39 is 0 Å². The Morgan fingerprint density at radius 1 is 1.22 bits per heavy atom. The lowest BCUT2D eigenvalue weighted by Crippen LogP contribution is -2.37. The number of benzene rings is 1. The van der Waals surface area contributed by atoms with Crippen LogP contribution in [0.3, 0.4) is 0 Å². The van der Waals surface area contributed by atoms with Crippen LogP contribution < -0.4 is 5.32 Å². The lowest BCUT2D eigenvalue weighted by atomic mass is 9.97. The second-order valence-electron chi connectivity index (χ2n) is 6.94. The van der Waals surface area contributed by atoms with Gasteiger partial charge in [0.05, 0.1) is 0 Å². The summed E-state index contributed by atoms with van der Waals surface area (Å²) in [7, 11) is 0. The summed E-state index contributed by atoms with van der Waals surface area (Å²) in [5.41, 5.74) is 1.62. The van der Waals surface area contributed by atoms with Gasteiger partial charge in [0.15, 0.2) is 5.65 Å². The lowest BCUT2D eigenvalue weighted by Gasteiger charge is -2.31. The van der Waals surface area contributed by atoms with Crippen LogP contribution in [0.1, 0.15) is 31.0 Å². The fraction of sp³-hybridized carbons (Fsp3) is 0.350. The van der Waals surface area contributed by atoms with Gasteiger partial charge in [-0.1, -0.05) is 23.7 Å². The summed E-state index contributed by atoms with van der Waals surface area (Å²) in [5.74, 6) is 1.36. The van der Waals surface area contributed by atoms with Gasteiger partial charge in [-0.25, -0.2) is 0 Å². The molecule has 1 aliphatic heterocycles. The van der Waals surface area contributed by atoms with Gasteiger partial charge in [0, 0.05) is 42.3 Å². The predicted octanol–water partition coefficient (Wildman–Crippen LogP) is 3.59. The largest absolute Gasteiger partial charge is 0.326 e. The van der Waals surface area contributed by atoms with E-state index in [4.69, 9.17) is 11.6 Å². The highest BCUT2D eigenvalue weighted by Gasteiger charge is 2.25. The van der Waals surface area contributed by atoms with Gasteiger partial charge in [-0.15, -0.1) is 10.2 Å². The molecule has 4 rings (SSSR count). The van der Waals surface area contributed by atoms with Gasteiger partial charge in [0.25, 0.3) is 0 Å². The lowest BCUT2D eigenvalue weighted by molar-refractivity contribution is -0.116. The Balaban J connectivity index is 1.34. The van der Waals surface area contributed by atoms with Crippen molar-refractivity contribution in [2.75, 3.05) is 25.0 Å². The molecule has 3 heterocycles. The van der Waals surface area contributed by atoms with E-state index in [0.29, 0.717) is 17.4 Å². The molecule has 3 aromatic rings. The maximum Gasteiger partial charge on any atom is 0.225 e. The highest BCUT2D eigenvalue weighted by molar-refractivity contribution is 6.30. The first-order valence-corrected chi connectivity index (χ1v) is 9.64. The number of nitrogens with one attached hydrogen (secondary N) is 1. The van der Waals surface area contributed by atoms with E-state index in [2.05, 4.69) is 24.8 Å². The van der Waals surface area contributed by atoms with Crippen molar-refractivity contribution < 1.29 is 4.79 Å². The minimum absolute atomic E-state index is 0.00678. The van der Waals surface area contributed by atoms with Crippen LogP contribution in [0.5, 0.6) is 0 Å². The number of carbonyl (C=O) groups excluding carboxylic acids is 1. The van der Waals surface area contributed by atoms with Crippen molar-refractivity contribution in [1.82, 2.24) is 19.5 Å². The van der Waals surface area contributed by atoms with Crippen LogP contribution in [0.25, 0.3) is 5.65 Å². The van der Waals surface area contributed by atoms with Crippen molar-refractivity contribution in [3.8, 4) is 0 Å². The summed E-state index contributed by atoms with van der Waals surface area (Å²) in [6.07, 6.45) is 4.67. The molecule has 0 radical (unpaired) electrons. The fourth-order valence-electron chi connectivity index (χ4n) is 3.66. The number of piperidine rings is 1. The third-order valence-electron chi connectivity index (χ3n) is 4.97. The van der Waals surface area contributed by atoms with E-state index >= 15 is 0 Å². The molecule has 0 unspecified atom stereocenters. The number of rotatable bonds is 5. The quantitative estimate of drug-likeness (QED) is 0.731. The van der Waals surface area contributed by atoms with Crippen LogP contribution in [0, 0.1) is 0 Å². The molecule has 0 spiro atoms. The van der Waals surface area contributed by atoms with Crippen molar-refractivity contribution in [3.63, 3.8) is 0 Å². The van der Waals surface area contributed by atoms with Crippen molar-refractivity contribution in [3.05, 3.63) is 59.5 Å². The van der Waals surface area contributed by atoms with Crippen LogP contribution in [0.2, 0.25) is 5.02 Å². The summed E-state index contributed by atoms with van der Waals surface area (Å²) in [6.45, 7) is 2.65. The molecule has 1 aliphatic rings. The summed E-state index contributed by atoms with van der Waals surface area (Å²) < 4.78 is 2.07. The number of anilines is 1. The molecule has 1 aromatic carbocycles. The Morgan fingerprint density at radius 2 is 2.15 bits per heavy atom. The molecular formula is C20H22ClN5O. The zero-order chi connectivity index (χ0) is 18.6. The fourth-order valence-corrected chi connectivity index (χ4v) is 3.85. The van der Waals surface area contributed by atoms with E-state index in [0.717, 1.165) is 49.6 Å². The van der Waals surface area contributed by atoms with E-state index in [1.165, 1.54) is 0 Å². The van der Waals surface area contributed by atoms with Gasteiger partial charge >= 0.3 is 0 Å². The molecule has 140 valence electrons. The standard InChI is InChI=1S/C20H22ClN5O/c21-16-6-3-7-17(13-16)22-19(27)9-12-25-10-4-5-15(14-25)20-24-23-18-8-1-2-11-26(18)20/h1-3,6-8,11,13,15H,4-5,9-10,12,14H2,(H,22,27)/t15-/m0/s1. The van der Waals surface area contributed by atoms with E-state index in [9.17, 15) is 4.79 Å². The van der Waals surface area contributed by atoms with Gasteiger partial charge in [0.2, 0.25) is 5.91 Å². The van der Waals surface area contributed by atoms with Crippen molar-refractivity contribution in [2.45, 2.75) is 25.2 Å². The number of likely N-dealkylation sites (tertiary alicyclic amines) is 1. The Morgan fingerprint density at radius 3 is 3.04 bits per heavy atom. The molecule has 6 nitrogen and oxygen atoms in total. The molecule has 1 atom stereocenters. The molecule has 0 bridgehead atoms. The Kier molecular flexibility index (Phi) is 5.36. The second kappa shape index (κ2) is 8.06. The Bertz CT molecular complexity index is 941. The van der Waals surface area contributed by atoms with Crippen LogP contribution in [0.4, 0.5) is 5.69 Å². The number of aromatic nitrogens is 3. The molecule has 1 N–H and O–H groups in total. The van der Waals surface area contributed by atoms with Crippen molar-refractivity contribution in [1.29, 1.82) is 0 Å². The minimum atomic E-state index is 0.00678. The number of halogens is 1. The average molecular weight is 384 g/mol. The van der Waals surface area contributed by atoms with Crippen molar-refractivity contribution >= 4 is 28.8 Å². The maximum absolute atomic E-state index is 12.2. The topological polar surface area (TPSA) is 62.5 Å². The number of nitrogens with zero attached hydrogens (tertiary/aromatic N) is 4. The average Bonchev–Trinajstić information content (AvgIpc) is 3.11. The molecular weight excluding hydrogens is 362 g/mol. The van der Waals surface area contributed by atoms with E-state index in [1.807, 2.05) is 36.5 Å². The van der Waals surface area contributed by atoms with Gasteiger partial charge < -0.3 is 10.2 Å².